The maximum absolute atomic E-state index is 13.8. The van der Waals surface area contributed by atoms with Gasteiger partial charge in [-0.2, -0.15) is 0 Å². The number of benzene rings is 3. The fourth-order valence-electron chi connectivity index (χ4n) is 5.15. The lowest BCUT2D eigenvalue weighted by Crippen LogP contribution is -2.45. The van der Waals surface area contributed by atoms with E-state index >= 15 is 0 Å². The van der Waals surface area contributed by atoms with E-state index in [4.69, 9.17) is 4.74 Å². The van der Waals surface area contributed by atoms with Crippen molar-refractivity contribution in [1.82, 2.24) is 4.90 Å². The minimum Gasteiger partial charge on any atom is -0.497 e. The van der Waals surface area contributed by atoms with Gasteiger partial charge < -0.3 is 9.64 Å². The number of amides is 1. The minimum absolute atomic E-state index is 0.147. The first-order valence-corrected chi connectivity index (χ1v) is 11.2. The Morgan fingerprint density at radius 3 is 2.42 bits per heavy atom. The molecule has 5 rings (SSSR count). The van der Waals surface area contributed by atoms with E-state index in [0.717, 1.165) is 61.6 Å². The van der Waals surface area contributed by atoms with Crippen LogP contribution in [-0.4, -0.2) is 37.6 Å². The van der Waals surface area contributed by atoms with Gasteiger partial charge in [0.25, 0.3) is 5.91 Å². The van der Waals surface area contributed by atoms with Crippen LogP contribution in [0, 0.1) is 11.6 Å². The molecule has 0 N–H and O–H groups in total. The smallest absolute Gasteiger partial charge is 0.258 e. The van der Waals surface area contributed by atoms with Crippen LogP contribution in [0.1, 0.15) is 34.3 Å². The summed E-state index contributed by atoms with van der Waals surface area (Å²) in [5, 5.41) is 0. The van der Waals surface area contributed by atoms with Gasteiger partial charge in [0, 0.05) is 29.8 Å². The zero-order chi connectivity index (χ0) is 23.0. The summed E-state index contributed by atoms with van der Waals surface area (Å²) >= 11 is 0. The molecular weight excluding hydrogens is 422 g/mol. The molecule has 3 aromatic rings. The van der Waals surface area contributed by atoms with Crippen LogP contribution in [0.5, 0.6) is 5.75 Å². The lowest BCUT2D eigenvalue weighted by atomic mass is 9.74. The third kappa shape index (κ3) is 4.00. The monoisotopic (exact) mass is 448 g/mol. The highest BCUT2D eigenvalue weighted by molar-refractivity contribution is 6.07. The lowest BCUT2D eigenvalue weighted by molar-refractivity contribution is 0.0975. The lowest BCUT2D eigenvalue weighted by Gasteiger charge is -2.40. The molecule has 2 aliphatic heterocycles. The summed E-state index contributed by atoms with van der Waals surface area (Å²) in [4.78, 5) is 17.5. The predicted octanol–water partition coefficient (Wildman–Crippen LogP) is 5.17. The molecule has 2 heterocycles. The molecule has 1 fully saturated rings. The Bertz CT molecular complexity index is 1170. The molecule has 1 amide bonds. The topological polar surface area (TPSA) is 32.8 Å². The van der Waals surface area contributed by atoms with Crippen LogP contribution in [-0.2, 0) is 12.0 Å². The number of carbonyl (C=O) groups is 1. The summed E-state index contributed by atoms with van der Waals surface area (Å²) in [5.41, 5.74) is 3.16. The van der Waals surface area contributed by atoms with E-state index in [-0.39, 0.29) is 16.9 Å². The number of fused-ring (bicyclic) bond motifs is 2. The van der Waals surface area contributed by atoms with Crippen LogP contribution < -0.4 is 9.64 Å². The number of likely N-dealkylation sites (tertiary alicyclic amines) is 1. The van der Waals surface area contributed by atoms with Gasteiger partial charge >= 0.3 is 0 Å². The molecule has 0 saturated carbocycles. The molecule has 0 unspecified atom stereocenters. The fraction of sp³-hybridized carbons (Fsp3) is 0.296. The number of anilines is 1. The average Bonchev–Trinajstić information content (AvgIpc) is 3.16. The highest BCUT2D eigenvalue weighted by Crippen LogP contribution is 2.48. The van der Waals surface area contributed by atoms with Gasteiger partial charge in [0.05, 0.1) is 7.11 Å². The van der Waals surface area contributed by atoms with Crippen molar-refractivity contribution in [2.75, 3.05) is 31.6 Å². The van der Waals surface area contributed by atoms with E-state index in [1.54, 1.807) is 12.0 Å². The molecule has 3 aromatic carbocycles. The molecule has 170 valence electrons. The summed E-state index contributed by atoms with van der Waals surface area (Å²) in [7, 11) is 1.63. The molecule has 0 aliphatic carbocycles. The number of ether oxygens (including phenoxy) is 1. The first kappa shape index (κ1) is 21.6. The molecule has 0 atom stereocenters. The SMILES string of the molecule is COc1ccc2c(c1)C1(CCN(Cc3ccccc3)CC1)CN2C(=O)c1ccc(F)c(F)c1. The number of rotatable bonds is 4. The second-order valence-electron chi connectivity index (χ2n) is 8.95. The fourth-order valence-corrected chi connectivity index (χ4v) is 5.15. The Kier molecular flexibility index (Phi) is 5.62. The van der Waals surface area contributed by atoms with E-state index < -0.39 is 11.6 Å². The highest BCUT2D eigenvalue weighted by atomic mass is 19.2. The standard InChI is InChI=1S/C27H26F2N2O2/c1-33-21-8-10-25-22(16-21)27(11-13-30(14-12-27)17-19-5-3-2-4-6-19)18-31(25)26(32)20-7-9-23(28)24(29)15-20/h2-10,15-16H,11-14,17-18H2,1H3. The van der Waals surface area contributed by atoms with Crippen molar-refractivity contribution in [3.63, 3.8) is 0 Å². The van der Waals surface area contributed by atoms with E-state index in [2.05, 4.69) is 29.2 Å². The van der Waals surface area contributed by atoms with Crippen molar-refractivity contribution in [3.8, 4) is 5.75 Å². The average molecular weight is 449 g/mol. The maximum atomic E-state index is 13.8. The summed E-state index contributed by atoms with van der Waals surface area (Å²) in [6, 6.07) is 19.5. The Balaban J connectivity index is 1.42. The minimum atomic E-state index is -1.01. The molecule has 6 heteroatoms. The number of hydrogen-bond acceptors (Lipinski definition) is 3. The van der Waals surface area contributed by atoms with Crippen molar-refractivity contribution in [3.05, 3.63) is 95.1 Å². The van der Waals surface area contributed by atoms with Crippen molar-refractivity contribution < 1.29 is 18.3 Å². The molecule has 0 aromatic heterocycles. The first-order valence-electron chi connectivity index (χ1n) is 11.2. The van der Waals surface area contributed by atoms with Crippen molar-refractivity contribution in [1.29, 1.82) is 0 Å². The van der Waals surface area contributed by atoms with E-state index in [0.29, 0.717) is 6.54 Å². The molecule has 1 saturated heterocycles. The predicted molar refractivity (Wildman–Crippen MR) is 124 cm³/mol. The molecule has 4 nitrogen and oxygen atoms in total. The van der Waals surface area contributed by atoms with Crippen LogP contribution in [0.4, 0.5) is 14.5 Å². The largest absolute Gasteiger partial charge is 0.497 e. The van der Waals surface area contributed by atoms with Crippen LogP contribution in [0.15, 0.2) is 66.7 Å². The van der Waals surface area contributed by atoms with Gasteiger partial charge in [-0.15, -0.1) is 0 Å². The molecule has 0 bridgehead atoms. The van der Waals surface area contributed by atoms with Crippen molar-refractivity contribution >= 4 is 11.6 Å². The number of hydrogen-bond donors (Lipinski definition) is 0. The number of methoxy groups -OCH3 is 1. The molecule has 2 aliphatic rings. The summed E-state index contributed by atoms with van der Waals surface area (Å²) in [6.07, 6.45) is 1.81. The van der Waals surface area contributed by atoms with Gasteiger partial charge in [0.1, 0.15) is 5.75 Å². The summed E-state index contributed by atoms with van der Waals surface area (Å²) in [6.45, 7) is 3.25. The Morgan fingerprint density at radius 2 is 1.73 bits per heavy atom. The number of nitrogens with zero attached hydrogens (tertiary/aromatic N) is 2. The quantitative estimate of drug-likeness (QED) is 0.552. The van der Waals surface area contributed by atoms with E-state index in [1.165, 1.54) is 11.6 Å². The van der Waals surface area contributed by atoms with Crippen LogP contribution in [0.2, 0.25) is 0 Å². The zero-order valence-electron chi connectivity index (χ0n) is 18.6. The normalized spacial score (nSPS) is 17.2. The van der Waals surface area contributed by atoms with Crippen molar-refractivity contribution in [2.45, 2.75) is 24.8 Å². The third-order valence-corrected chi connectivity index (χ3v) is 7.00. The van der Waals surface area contributed by atoms with Crippen LogP contribution in [0.3, 0.4) is 0 Å². The number of carbonyl (C=O) groups excluding carboxylic acids is 1. The van der Waals surface area contributed by atoms with Gasteiger partial charge in [-0.25, -0.2) is 8.78 Å². The number of piperidine rings is 1. The summed E-state index contributed by atoms with van der Waals surface area (Å²) < 4.78 is 32.7. The molecular formula is C27H26F2N2O2. The van der Waals surface area contributed by atoms with E-state index in [1.807, 2.05) is 24.3 Å². The summed E-state index contributed by atoms with van der Waals surface area (Å²) in [5.74, 6) is -1.54. The Hall–Kier alpha value is -3.25. The molecule has 0 radical (unpaired) electrons. The van der Waals surface area contributed by atoms with Crippen molar-refractivity contribution in [2.24, 2.45) is 0 Å². The Morgan fingerprint density at radius 1 is 0.970 bits per heavy atom. The Labute approximate surface area is 192 Å². The van der Waals surface area contributed by atoms with Crippen LogP contribution in [0.25, 0.3) is 0 Å². The maximum Gasteiger partial charge on any atom is 0.258 e. The highest BCUT2D eigenvalue weighted by Gasteiger charge is 2.46. The van der Waals surface area contributed by atoms with Gasteiger partial charge in [-0.1, -0.05) is 30.3 Å². The molecule has 33 heavy (non-hydrogen) atoms. The molecule has 1 spiro atoms. The third-order valence-electron chi connectivity index (χ3n) is 7.00. The van der Waals surface area contributed by atoms with Gasteiger partial charge in [-0.05, 0) is 73.5 Å². The van der Waals surface area contributed by atoms with Gasteiger partial charge in [0.15, 0.2) is 11.6 Å². The number of halogens is 2. The second-order valence-corrected chi connectivity index (χ2v) is 8.95. The van der Waals surface area contributed by atoms with Gasteiger partial charge in [-0.3, -0.25) is 9.69 Å². The second kappa shape index (κ2) is 8.60. The van der Waals surface area contributed by atoms with E-state index in [9.17, 15) is 13.6 Å². The first-order chi connectivity index (χ1) is 16.0. The zero-order valence-corrected chi connectivity index (χ0v) is 18.6. The van der Waals surface area contributed by atoms with Crippen LogP contribution >= 0.6 is 0 Å². The van der Waals surface area contributed by atoms with Gasteiger partial charge in [0.2, 0.25) is 0 Å².